The van der Waals surface area contributed by atoms with Gasteiger partial charge in [-0.3, -0.25) is 4.79 Å². The fraction of sp³-hybridized carbons (Fsp3) is 0.0909. The molecular weight excluding hydrogens is 196 g/mol. The van der Waals surface area contributed by atoms with E-state index in [9.17, 15) is 9.59 Å². The van der Waals surface area contributed by atoms with Gasteiger partial charge in [-0.05, 0) is 31.2 Å². The molecule has 1 aromatic carbocycles. The second-order valence-corrected chi connectivity index (χ2v) is 3.24. The highest BCUT2D eigenvalue weighted by Gasteiger charge is 2.15. The van der Waals surface area contributed by atoms with Crippen molar-refractivity contribution in [3.05, 3.63) is 35.6 Å². The van der Waals surface area contributed by atoms with E-state index in [0.29, 0.717) is 5.58 Å². The predicted molar refractivity (Wildman–Crippen MR) is 52.9 cm³/mol. The number of carbonyl (C=O) groups excluding carboxylic acids is 1. The molecule has 0 aliphatic heterocycles. The Bertz CT molecular complexity index is 551. The van der Waals surface area contributed by atoms with E-state index in [1.807, 2.05) is 0 Å². The maximum Gasteiger partial charge on any atom is 0.377 e. The Morgan fingerprint density at radius 2 is 2.00 bits per heavy atom. The number of aryl methyl sites for hydroxylation is 1. The standard InChI is InChI=1S/C11H8O4/c1-6-4-8-5-7(10(12)11(13)14)2-3-9(8)15-6/h2-5H,1H3,(H,13,14). The average Bonchev–Trinajstić information content (AvgIpc) is 2.55. The van der Waals surface area contributed by atoms with Crippen molar-refractivity contribution in [2.24, 2.45) is 0 Å². The minimum absolute atomic E-state index is 0.163. The Morgan fingerprint density at radius 1 is 1.27 bits per heavy atom. The number of carboxylic acids is 1. The van der Waals surface area contributed by atoms with Crippen molar-refractivity contribution in [3.8, 4) is 0 Å². The van der Waals surface area contributed by atoms with E-state index in [4.69, 9.17) is 9.52 Å². The van der Waals surface area contributed by atoms with Crippen LogP contribution < -0.4 is 0 Å². The van der Waals surface area contributed by atoms with Gasteiger partial charge in [0.2, 0.25) is 0 Å². The fourth-order valence-electron chi connectivity index (χ4n) is 1.44. The van der Waals surface area contributed by atoms with Crippen molar-refractivity contribution in [3.63, 3.8) is 0 Å². The molecule has 0 saturated carbocycles. The number of rotatable bonds is 2. The van der Waals surface area contributed by atoms with Gasteiger partial charge < -0.3 is 9.52 Å². The summed E-state index contributed by atoms with van der Waals surface area (Å²) in [6.07, 6.45) is 0. The zero-order valence-corrected chi connectivity index (χ0v) is 7.98. The van der Waals surface area contributed by atoms with E-state index in [-0.39, 0.29) is 5.56 Å². The van der Waals surface area contributed by atoms with Gasteiger partial charge in [-0.1, -0.05) is 0 Å². The molecule has 4 heteroatoms. The molecule has 1 aromatic heterocycles. The molecule has 0 amide bonds. The number of hydrogen-bond donors (Lipinski definition) is 1. The average molecular weight is 204 g/mol. The van der Waals surface area contributed by atoms with Crippen LogP contribution in [0.3, 0.4) is 0 Å². The van der Waals surface area contributed by atoms with Crippen LogP contribution in [0.1, 0.15) is 16.1 Å². The Morgan fingerprint density at radius 3 is 2.67 bits per heavy atom. The second kappa shape index (κ2) is 3.24. The number of benzene rings is 1. The van der Waals surface area contributed by atoms with Gasteiger partial charge in [0, 0.05) is 10.9 Å². The van der Waals surface area contributed by atoms with Crippen LogP contribution in [-0.2, 0) is 4.79 Å². The summed E-state index contributed by atoms with van der Waals surface area (Å²) in [5, 5.41) is 9.28. The van der Waals surface area contributed by atoms with Crippen molar-refractivity contribution in [2.75, 3.05) is 0 Å². The van der Waals surface area contributed by atoms with Crippen LogP contribution in [-0.4, -0.2) is 16.9 Å². The molecule has 0 aliphatic carbocycles. The number of ketones is 1. The SMILES string of the molecule is Cc1cc2cc(C(=O)C(=O)O)ccc2o1. The van der Waals surface area contributed by atoms with Crippen LogP contribution in [0, 0.1) is 6.92 Å². The number of Topliss-reactive ketones (excluding diaryl/α,β-unsaturated/α-hetero) is 1. The molecule has 1 N–H and O–H groups in total. The molecule has 2 rings (SSSR count). The molecule has 0 atom stereocenters. The smallest absolute Gasteiger partial charge is 0.377 e. The molecule has 0 aliphatic rings. The monoisotopic (exact) mass is 204 g/mol. The van der Waals surface area contributed by atoms with Gasteiger partial charge in [0.25, 0.3) is 5.78 Å². The third-order valence-corrected chi connectivity index (χ3v) is 2.10. The van der Waals surface area contributed by atoms with Crippen LogP contribution in [0.4, 0.5) is 0 Å². The van der Waals surface area contributed by atoms with E-state index in [0.717, 1.165) is 11.1 Å². The maximum absolute atomic E-state index is 11.2. The summed E-state index contributed by atoms with van der Waals surface area (Å²) in [5.41, 5.74) is 0.810. The molecule has 0 radical (unpaired) electrons. The van der Waals surface area contributed by atoms with Crippen molar-refractivity contribution < 1.29 is 19.1 Å². The second-order valence-electron chi connectivity index (χ2n) is 3.24. The van der Waals surface area contributed by atoms with Gasteiger partial charge in [0.05, 0.1) is 0 Å². The third-order valence-electron chi connectivity index (χ3n) is 2.10. The zero-order chi connectivity index (χ0) is 11.0. The zero-order valence-electron chi connectivity index (χ0n) is 7.98. The van der Waals surface area contributed by atoms with Gasteiger partial charge in [0.1, 0.15) is 11.3 Å². The Hall–Kier alpha value is -2.10. The van der Waals surface area contributed by atoms with Crippen molar-refractivity contribution in [2.45, 2.75) is 6.92 Å². The highest BCUT2D eigenvalue weighted by atomic mass is 16.4. The molecule has 2 aromatic rings. The number of hydrogen-bond acceptors (Lipinski definition) is 3. The van der Waals surface area contributed by atoms with Gasteiger partial charge in [0.15, 0.2) is 0 Å². The Kier molecular flexibility index (Phi) is 2.04. The predicted octanol–water partition coefficient (Wildman–Crippen LogP) is 2.01. The minimum atomic E-state index is -1.45. The first-order valence-corrected chi connectivity index (χ1v) is 4.36. The van der Waals surface area contributed by atoms with E-state index < -0.39 is 11.8 Å². The summed E-state index contributed by atoms with van der Waals surface area (Å²) < 4.78 is 5.30. The van der Waals surface area contributed by atoms with E-state index >= 15 is 0 Å². The lowest BCUT2D eigenvalue weighted by molar-refractivity contribution is -0.131. The molecule has 0 bridgehead atoms. The highest BCUT2D eigenvalue weighted by molar-refractivity contribution is 6.40. The molecule has 0 saturated heterocycles. The van der Waals surface area contributed by atoms with Gasteiger partial charge >= 0.3 is 5.97 Å². The summed E-state index contributed by atoms with van der Waals surface area (Å²) >= 11 is 0. The summed E-state index contributed by atoms with van der Waals surface area (Å²) in [6, 6.07) is 6.32. The van der Waals surface area contributed by atoms with Crippen LogP contribution in [0.15, 0.2) is 28.7 Å². The molecule has 0 unspecified atom stereocenters. The summed E-state index contributed by atoms with van der Waals surface area (Å²) in [6.45, 7) is 1.79. The lowest BCUT2D eigenvalue weighted by atomic mass is 10.1. The van der Waals surface area contributed by atoms with E-state index in [2.05, 4.69) is 0 Å². The van der Waals surface area contributed by atoms with Crippen LogP contribution >= 0.6 is 0 Å². The van der Waals surface area contributed by atoms with Gasteiger partial charge in [-0.25, -0.2) is 4.79 Å². The third kappa shape index (κ3) is 1.61. The lowest BCUT2D eigenvalue weighted by Crippen LogP contribution is -2.12. The van der Waals surface area contributed by atoms with Crippen LogP contribution in [0.2, 0.25) is 0 Å². The van der Waals surface area contributed by atoms with E-state index in [1.165, 1.54) is 12.1 Å². The number of fused-ring (bicyclic) bond motifs is 1. The van der Waals surface area contributed by atoms with Crippen LogP contribution in [0.5, 0.6) is 0 Å². The summed E-state index contributed by atoms with van der Waals surface area (Å²) in [7, 11) is 0. The molecule has 0 spiro atoms. The molecular formula is C11H8O4. The first-order valence-electron chi connectivity index (χ1n) is 4.36. The molecule has 4 nitrogen and oxygen atoms in total. The molecule has 15 heavy (non-hydrogen) atoms. The largest absolute Gasteiger partial charge is 0.475 e. The van der Waals surface area contributed by atoms with E-state index in [1.54, 1.807) is 19.1 Å². The number of furan rings is 1. The minimum Gasteiger partial charge on any atom is -0.475 e. The Labute approximate surface area is 85.1 Å². The topological polar surface area (TPSA) is 67.5 Å². The van der Waals surface area contributed by atoms with Crippen molar-refractivity contribution in [1.82, 2.24) is 0 Å². The summed E-state index contributed by atoms with van der Waals surface area (Å²) in [5.74, 6) is -1.63. The summed E-state index contributed by atoms with van der Waals surface area (Å²) in [4.78, 5) is 21.6. The Balaban J connectivity index is 2.55. The van der Waals surface area contributed by atoms with Crippen molar-refractivity contribution in [1.29, 1.82) is 0 Å². The van der Waals surface area contributed by atoms with Gasteiger partial charge in [-0.15, -0.1) is 0 Å². The first kappa shape index (κ1) is 9.45. The number of aliphatic carboxylic acids is 1. The fourth-order valence-corrected chi connectivity index (χ4v) is 1.44. The lowest BCUT2D eigenvalue weighted by Gasteiger charge is -1.94. The highest BCUT2D eigenvalue weighted by Crippen LogP contribution is 2.20. The number of carbonyl (C=O) groups is 2. The van der Waals surface area contributed by atoms with Crippen molar-refractivity contribution >= 4 is 22.7 Å². The maximum atomic E-state index is 11.2. The first-order chi connectivity index (χ1) is 7.08. The molecule has 76 valence electrons. The molecule has 1 heterocycles. The van der Waals surface area contributed by atoms with Crippen LogP contribution in [0.25, 0.3) is 11.0 Å². The normalized spacial score (nSPS) is 10.5. The number of carboxylic acid groups (broad SMARTS) is 1. The quantitative estimate of drug-likeness (QED) is 0.600. The van der Waals surface area contributed by atoms with Gasteiger partial charge in [-0.2, -0.15) is 0 Å². The molecule has 0 fully saturated rings.